The monoisotopic (exact) mass is 489 g/mol. The maximum Gasteiger partial charge on any atom is 1.00 e. The number of aliphatic carboxylic acids is 1. The second-order valence-electron chi connectivity index (χ2n) is 7.68. The van der Waals surface area contributed by atoms with Crippen LogP contribution in [0.1, 0.15) is 34.2 Å². The molecule has 4 rings (SSSR count). The minimum atomic E-state index is -4.46. The summed E-state index contributed by atoms with van der Waals surface area (Å²) in [5, 5.41) is 11.9. The molecule has 0 radical (unpaired) electrons. The van der Waals surface area contributed by atoms with E-state index in [1.165, 1.54) is 24.3 Å². The molecule has 1 aliphatic rings. The number of carbonyl (C=O) groups is 2. The van der Waals surface area contributed by atoms with Crippen molar-refractivity contribution in [3.8, 4) is 11.1 Å². The number of fused-ring (bicyclic) bond motifs is 3. The smallest absolute Gasteiger partial charge is 0.748 e. The topological polar surface area (TPSA) is 133 Å². The average molecular weight is 489 g/mol. The van der Waals surface area contributed by atoms with E-state index in [4.69, 9.17) is 4.74 Å². The normalized spacial score (nSPS) is 13.2. The molecule has 34 heavy (non-hydrogen) atoms. The fourth-order valence-electron chi connectivity index (χ4n) is 4.06. The van der Waals surface area contributed by atoms with Crippen molar-refractivity contribution in [3.63, 3.8) is 0 Å². The first-order valence-electron chi connectivity index (χ1n) is 10.1. The molecule has 0 heterocycles. The first-order valence-corrected chi connectivity index (χ1v) is 11.7. The molecule has 0 saturated carbocycles. The van der Waals surface area contributed by atoms with Crippen LogP contribution in [0.4, 0.5) is 4.79 Å². The molecule has 3 aromatic rings. The third-order valence-electron chi connectivity index (χ3n) is 5.51. The van der Waals surface area contributed by atoms with Gasteiger partial charge in [0.25, 0.3) is 0 Å². The van der Waals surface area contributed by atoms with Crippen LogP contribution < -0.4 is 34.9 Å². The van der Waals surface area contributed by atoms with E-state index in [2.05, 4.69) is 5.32 Å². The Labute approximate surface area is 219 Å². The molecule has 2 N–H and O–H groups in total. The predicted molar refractivity (Wildman–Crippen MR) is 118 cm³/mol. The third kappa shape index (κ3) is 5.86. The number of alkyl carbamates (subject to hydrolysis) is 1. The molecule has 3 aromatic carbocycles. The zero-order valence-corrected chi connectivity index (χ0v) is 21.1. The molecule has 170 valence electrons. The van der Waals surface area contributed by atoms with Gasteiger partial charge in [0.15, 0.2) is 6.04 Å². The summed E-state index contributed by atoms with van der Waals surface area (Å²) in [6.07, 6.45) is -0.893. The van der Waals surface area contributed by atoms with E-state index in [0.29, 0.717) is 0 Å². The van der Waals surface area contributed by atoms with Crippen molar-refractivity contribution in [2.45, 2.75) is 17.7 Å². The van der Waals surface area contributed by atoms with Crippen LogP contribution in [0.3, 0.4) is 0 Å². The molecule has 8 nitrogen and oxygen atoms in total. The second kappa shape index (κ2) is 10.7. The summed E-state index contributed by atoms with van der Waals surface area (Å²) in [7, 11) is -4.46. The van der Waals surface area contributed by atoms with Crippen LogP contribution in [0, 0.1) is 0 Å². The summed E-state index contributed by atoms with van der Waals surface area (Å²) in [6, 6.07) is 19.7. The Balaban J connectivity index is 0.00000324. The minimum Gasteiger partial charge on any atom is -0.748 e. The van der Waals surface area contributed by atoms with Gasteiger partial charge < -0.3 is 19.7 Å². The second-order valence-corrected chi connectivity index (χ2v) is 9.09. The van der Waals surface area contributed by atoms with Crippen LogP contribution in [-0.2, 0) is 25.4 Å². The maximum atomic E-state index is 12.4. The number of nitrogens with one attached hydrogen (secondary N) is 1. The van der Waals surface area contributed by atoms with Crippen LogP contribution in [0.5, 0.6) is 0 Å². The number of ether oxygens (including phenoxy) is 1. The molecular weight excluding hydrogens is 469 g/mol. The van der Waals surface area contributed by atoms with Gasteiger partial charge in [-0.1, -0.05) is 72.8 Å². The Kier molecular flexibility index (Phi) is 8.17. The molecule has 1 atom stereocenters. The number of hydrogen-bond donors (Lipinski definition) is 2. The summed E-state index contributed by atoms with van der Waals surface area (Å²) >= 11 is 0. The first-order chi connectivity index (χ1) is 15.7. The van der Waals surface area contributed by atoms with Crippen molar-refractivity contribution >= 4 is 22.2 Å². The first kappa shape index (κ1) is 25.9. The van der Waals surface area contributed by atoms with Gasteiger partial charge in [0, 0.05) is 5.92 Å². The summed E-state index contributed by atoms with van der Waals surface area (Å²) in [4.78, 5) is 24.2. The molecule has 0 aromatic heterocycles. The zero-order valence-electron chi connectivity index (χ0n) is 18.3. The van der Waals surface area contributed by atoms with Crippen molar-refractivity contribution in [2.24, 2.45) is 0 Å². The predicted octanol–water partition coefficient (Wildman–Crippen LogP) is 0.400. The van der Waals surface area contributed by atoms with Gasteiger partial charge in [-0.15, -0.1) is 0 Å². The van der Waals surface area contributed by atoms with E-state index in [1.54, 1.807) is 0 Å². The third-order valence-corrected chi connectivity index (χ3v) is 6.20. The standard InChI is InChI=1S/C24H21NO7S.Na/c26-23(27)22(16-11-9-15(10-12-16)14-33(29,30)31)25-24(28)32-13-21-19-7-3-1-5-17(19)18-6-2-4-8-20(18)21;/h1-12,21-22H,13-14H2,(H,25,28)(H,26,27)(H,29,30,31);/q;+1/p-1/t22-;/m0./s1. The van der Waals surface area contributed by atoms with Gasteiger partial charge >= 0.3 is 41.6 Å². The van der Waals surface area contributed by atoms with E-state index >= 15 is 0 Å². The van der Waals surface area contributed by atoms with E-state index in [9.17, 15) is 27.7 Å². The van der Waals surface area contributed by atoms with E-state index in [0.717, 1.165) is 22.3 Å². The molecule has 0 saturated heterocycles. The average Bonchev–Trinajstić information content (AvgIpc) is 3.09. The number of benzene rings is 3. The summed E-state index contributed by atoms with van der Waals surface area (Å²) < 4.78 is 38.1. The van der Waals surface area contributed by atoms with Gasteiger partial charge in [0.05, 0.1) is 15.9 Å². The Hall–Kier alpha value is -2.69. The molecule has 0 fully saturated rings. The number of carboxylic acids is 1. The molecule has 10 heteroatoms. The van der Waals surface area contributed by atoms with Gasteiger partial charge in [0.1, 0.15) is 6.61 Å². The van der Waals surface area contributed by atoms with Gasteiger partial charge in [0.2, 0.25) is 0 Å². The van der Waals surface area contributed by atoms with Crippen LogP contribution in [-0.4, -0.2) is 36.7 Å². The molecule has 1 aliphatic carbocycles. The largest absolute Gasteiger partial charge is 1.00 e. The molecular formula is C24H20NNaO7S. The van der Waals surface area contributed by atoms with Crippen LogP contribution in [0.25, 0.3) is 11.1 Å². The Morgan fingerprint density at radius 2 is 1.47 bits per heavy atom. The van der Waals surface area contributed by atoms with Crippen LogP contribution in [0.15, 0.2) is 72.8 Å². The molecule has 0 spiro atoms. The van der Waals surface area contributed by atoms with Gasteiger partial charge in [-0.3, -0.25) is 0 Å². The number of rotatable bonds is 7. The fraction of sp³-hybridized carbons (Fsp3) is 0.167. The van der Waals surface area contributed by atoms with E-state index < -0.39 is 34.0 Å². The van der Waals surface area contributed by atoms with Crippen molar-refractivity contribution in [1.82, 2.24) is 5.32 Å². The maximum absolute atomic E-state index is 12.4. The minimum absolute atomic E-state index is 0. The zero-order chi connectivity index (χ0) is 23.6. The Bertz CT molecular complexity index is 1260. The summed E-state index contributed by atoms with van der Waals surface area (Å²) in [5.74, 6) is -2.18. The number of carbonyl (C=O) groups excluding carboxylic acids is 1. The quantitative estimate of drug-likeness (QED) is 0.363. The van der Waals surface area contributed by atoms with Crippen LogP contribution in [0.2, 0.25) is 0 Å². The molecule has 0 bridgehead atoms. The number of hydrogen-bond acceptors (Lipinski definition) is 6. The Morgan fingerprint density at radius 1 is 0.941 bits per heavy atom. The summed E-state index contributed by atoms with van der Waals surface area (Å²) in [6.45, 7) is 0.0342. The van der Waals surface area contributed by atoms with E-state index in [1.807, 2.05) is 48.5 Å². The van der Waals surface area contributed by atoms with Crippen molar-refractivity contribution < 1.29 is 62.0 Å². The molecule has 0 unspecified atom stereocenters. The van der Waals surface area contributed by atoms with E-state index in [-0.39, 0.29) is 53.2 Å². The summed E-state index contributed by atoms with van der Waals surface area (Å²) in [5.41, 5.74) is 4.65. The van der Waals surface area contributed by atoms with Gasteiger partial charge in [-0.05, 0) is 33.4 Å². The SMILES string of the molecule is O=C(N[C@H](C(=O)O)c1ccc(CS(=O)(=O)[O-])cc1)OCC1c2ccccc2-c2ccccc21.[Na+]. The van der Waals surface area contributed by atoms with Gasteiger partial charge in [-0.2, -0.15) is 0 Å². The van der Waals surface area contributed by atoms with Crippen molar-refractivity contribution in [1.29, 1.82) is 0 Å². The fourth-order valence-corrected chi connectivity index (χ4v) is 4.66. The number of carboxylic acid groups (broad SMARTS) is 1. The molecule has 0 aliphatic heterocycles. The van der Waals surface area contributed by atoms with Crippen molar-refractivity contribution in [2.75, 3.05) is 6.61 Å². The van der Waals surface area contributed by atoms with Crippen molar-refractivity contribution in [3.05, 3.63) is 95.1 Å². The van der Waals surface area contributed by atoms with Gasteiger partial charge in [-0.25, -0.2) is 18.0 Å². The van der Waals surface area contributed by atoms with Crippen LogP contribution >= 0.6 is 0 Å². The number of amides is 1. The Morgan fingerprint density at radius 3 is 1.97 bits per heavy atom. The molecule has 1 amide bonds.